The lowest BCUT2D eigenvalue weighted by Crippen LogP contribution is -2.23. The largest absolute Gasteiger partial charge is 0.435 e. The number of fused-ring (bicyclic) bond motifs is 1. The summed E-state index contributed by atoms with van der Waals surface area (Å²) in [6, 6.07) is 5.76. The molecule has 0 saturated carbocycles. The summed E-state index contributed by atoms with van der Waals surface area (Å²) in [7, 11) is 0. The highest BCUT2D eigenvalue weighted by atomic mass is 32.1. The van der Waals surface area contributed by atoms with Crippen molar-refractivity contribution in [2.24, 2.45) is 0 Å². The Balaban J connectivity index is 1.46. The summed E-state index contributed by atoms with van der Waals surface area (Å²) in [6.45, 7) is 0.307. The Bertz CT molecular complexity index is 1060. The Morgan fingerprint density at radius 1 is 1.17 bits per heavy atom. The summed E-state index contributed by atoms with van der Waals surface area (Å²) in [5, 5.41) is 8.59. The molecule has 2 heterocycles. The van der Waals surface area contributed by atoms with Crippen molar-refractivity contribution >= 4 is 17.2 Å². The third-order valence-electron chi connectivity index (χ3n) is 4.96. The topological polar surface area (TPSA) is 59.8 Å². The van der Waals surface area contributed by atoms with Gasteiger partial charge in [0, 0.05) is 23.2 Å². The first kappa shape index (κ1) is 20.5. The normalized spacial score (nSPS) is 13.9. The molecule has 0 atom stereocenters. The van der Waals surface area contributed by atoms with Crippen LogP contribution in [0.4, 0.5) is 17.6 Å². The molecule has 1 aliphatic rings. The van der Waals surface area contributed by atoms with E-state index in [2.05, 4.69) is 15.4 Å². The van der Waals surface area contributed by atoms with E-state index in [1.165, 1.54) is 28.2 Å². The van der Waals surface area contributed by atoms with Crippen molar-refractivity contribution in [3.8, 4) is 0 Å². The zero-order chi connectivity index (χ0) is 21.3. The van der Waals surface area contributed by atoms with E-state index in [1.807, 2.05) is 0 Å². The van der Waals surface area contributed by atoms with E-state index in [0.717, 1.165) is 18.4 Å². The zero-order valence-corrected chi connectivity index (χ0v) is 16.6. The standard InChI is InChI=1S/C20H18F4N4OS/c21-13-7-5-12(6-8-13)9-25-19(29)15-11-30-17(26-15)10-28-16-4-2-1-3-14(16)18(27-28)20(22,23)24/h5-8,11H,1-4,9-10H2,(H,25,29). The molecule has 0 spiro atoms. The molecule has 0 saturated heterocycles. The monoisotopic (exact) mass is 438 g/mol. The number of carbonyl (C=O) groups excluding carboxylic acids is 1. The van der Waals surface area contributed by atoms with E-state index in [-0.39, 0.29) is 30.2 Å². The minimum Gasteiger partial charge on any atom is -0.347 e. The summed E-state index contributed by atoms with van der Waals surface area (Å²) in [4.78, 5) is 16.6. The van der Waals surface area contributed by atoms with Gasteiger partial charge in [0.05, 0.1) is 6.54 Å². The van der Waals surface area contributed by atoms with Gasteiger partial charge in [-0.2, -0.15) is 18.3 Å². The Morgan fingerprint density at radius 3 is 2.63 bits per heavy atom. The lowest BCUT2D eigenvalue weighted by atomic mass is 9.95. The highest BCUT2D eigenvalue weighted by Gasteiger charge is 2.39. The first-order valence-electron chi connectivity index (χ1n) is 9.44. The zero-order valence-electron chi connectivity index (χ0n) is 15.8. The fraction of sp³-hybridized carbons (Fsp3) is 0.350. The van der Waals surface area contributed by atoms with Crippen LogP contribution in [0, 0.1) is 5.82 Å². The van der Waals surface area contributed by atoms with E-state index in [4.69, 9.17) is 0 Å². The van der Waals surface area contributed by atoms with E-state index in [1.54, 1.807) is 17.5 Å². The van der Waals surface area contributed by atoms with Crippen LogP contribution in [-0.4, -0.2) is 20.7 Å². The van der Waals surface area contributed by atoms with Gasteiger partial charge in [0.25, 0.3) is 5.91 Å². The fourth-order valence-corrected chi connectivity index (χ4v) is 4.28. The van der Waals surface area contributed by atoms with Crippen LogP contribution in [0.15, 0.2) is 29.6 Å². The Morgan fingerprint density at radius 2 is 1.90 bits per heavy atom. The molecule has 1 amide bonds. The number of nitrogens with one attached hydrogen (secondary N) is 1. The van der Waals surface area contributed by atoms with Crippen molar-refractivity contribution in [2.75, 3.05) is 0 Å². The minimum atomic E-state index is -4.49. The van der Waals surface area contributed by atoms with Gasteiger partial charge in [-0.05, 0) is 43.4 Å². The molecule has 30 heavy (non-hydrogen) atoms. The quantitative estimate of drug-likeness (QED) is 0.603. The molecule has 0 bridgehead atoms. The lowest BCUT2D eigenvalue weighted by molar-refractivity contribution is -0.142. The second-order valence-corrected chi connectivity index (χ2v) is 8.01. The number of benzene rings is 1. The average molecular weight is 438 g/mol. The first-order chi connectivity index (χ1) is 14.3. The van der Waals surface area contributed by atoms with Crippen LogP contribution in [0.2, 0.25) is 0 Å². The maximum atomic E-state index is 13.3. The van der Waals surface area contributed by atoms with Gasteiger partial charge in [-0.15, -0.1) is 11.3 Å². The highest BCUT2D eigenvalue weighted by molar-refractivity contribution is 7.09. The van der Waals surface area contributed by atoms with Crippen LogP contribution in [0.3, 0.4) is 0 Å². The predicted octanol–water partition coefficient (Wildman–Crippen LogP) is 4.35. The molecular weight excluding hydrogens is 420 g/mol. The van der Waals surface area contributed by atoms with Gasteiger partial charge in [-0.25, -0.2) is 9.37 Å². The van der Waals surface area contributed by atoms with Crippen LogP contribution in [-0.2, 0) is 32.1 Å². The van der Waals surface area contributed by atoms with Gasteiger partial charge in [0.1, 0.15) is 16.5 Å². The molecule has 1 N–H and O–H groups in total. The smallest absolute Gasteiger partial charge is 0.347 e. The summed E-state index contributed by atoms with van der Waals surface area (Å²) in [5.74, 6) is -0.760. The van der Waals surface area contributed by atoms with E-state index < -0.39 is 17.8 Å². The van der Waals surface area contributed by atoms with Crippen molar-refractivity contribution in [1.29, 1.82) is 0 Å². The van der Waals surface area contributed by atoms with E-state index >= 15 is 0 Å². The number of hydrogen-bond acceptors (Lipinski definition) is 4. The second-order valence-electron chi connectivity index (χ2n) is 7.07. The number of thiazole rings is 1. The van der Waals surface area contributed by atoms with Gasteiger partial charge < -0.3 is 5.32 Å². The number of carbonyl (C=O) groups is 1. The van der Waals surface area contributed by atoms with Crippen molar-refractivity contribution < 1.29 is 22.4 Å². The van der Waals surface area contributed by atoms with Crippen LogP contribution < -0.4 is 5.32 Å². The maximum absolute atomic E-state index is 13.3. The van der Waals surface area contributed by atoms with Crippen molar-refractivity contribution in [3.05, 3.63) is 68.7 Å². The molecule has 0 fully saturated rings. The lowest BCUT2D eigenvalue weighted by Gasteiger charge is -2.14. The molecule has 1 aromatic carbocycles. The average Bonchev–Trinajstić information content (AvgIpc) is 3.33. The van der Waals surface area contributed by atoms with Crippen molar-refractivity contribution in [1.82, 2.24) is 20.1 Å². The second kappa shape index (κ2) is 8.17. The number of amides is 1. The summed E-state index contributed by atoms with van der Waals surface area (Å²) in [5.41, 5.74) is 0.997. The number of nitrogens with zero attached hydrogens (tertiary/aromatic N) is 3. The van der Waals surface area contributed by atoms with Gasteiger partial charge in [-0.1, -0.05) is 12.1 Å². The Labute approximate surface area is 173 Å². The van der Waals surface area contributed by atoms with Crippen LogP contribution >= 0.6 is 11.3 Å². The third kappa shape index (κ3) is 4.38. The highest BCUT2D eigenvalue weighted by Crippen LogP contribution is 2.36. The molecule has 5 nitrogen and oxygen atoms in total. The molecule has 0 aliphatic heterocycles. The molecule has 2 aromatic heterocycles. The van der Waals surface area contributed by atoms with Crippen molar-refractivity contribution in [3.63, 3.8) is 0 Å². The molecule has 10 heteroatoms. The Kier molecular flexibility index (Phi) is 5.59. The molecule has 4 rings (SSSR count). The van der Waals surface area contributed by atoms with Gasteiger partial charge in [0.15, 0.2) is 5.69 Å². The number of hydrogen-bond donors (Lipinski definition) is 1. The van der Waals surface area contributed by atoms with Gasteiger partial charge >= 0.3 is 6.18 Å². The van der Waals surface area contributed by atoms with E-state index in [0.29, 0.717) is 23.5 Å². The van der Waals surface area contributed by atoms with Gasteiger partial charge in [-0.3, -0.25) is 9.48 Å². The van der Waals surface area contributed by atoms with Crippen LogP contribution in [0.5, 0.6) is 0 Å². The number of rotatable bonds is 5. The van der Waals surface area contributed by atoms with E-state index in [9.17, 15) is 22.4 Å². The van der Waals surface area contributed by atoms with Crippen LogP contribution in [0.25, 0.3) is 0 Å². The molecular formula is C20H18F4N4OS. The number of halogens is 4. The number of aromatic nitrogens is 3. The minimum absolute atomic E-state index is 0.0916. The summed E-state index contributed by atoms with van der Waals surface area (Å²) >= 11 is 1.20. The van der Waals surface area contributed by atoms with Gasteiger partial charge in [0.2, 0.25) is 0 Å². The molecule has 158 valence electrons. The summed E-state index contributed by atoms with van der Waals surface area (Å²) < 4.78 is 54.3. The SMILES string of the molecule is O=C(NCc1ccc(F)cc1)c1csc(Cn2nc(C(F)(F)F)c3c2CCCC3)n1. The Hall–Kier alpha value is -2.75. The maximum Gasteiger partial charge on any atom is 0.435 e. The molecule has 0 radical (unpaired) electrons. The summed E-state index contributed by atoms with van der Waals surface area (Å²) in [6.07, 6.45) is -2.02. The number of alkyl halides is 3. The van der Waals surface area contributed by atoms with Crippen molar-refractivity contribution in [2.45, 2.75) is 44.9 Å². The van der Waals surface area contributed by atoms with Crippen LogP contribution in [0.1, 0.15) is 50.9 Å². The molecule has 0 unspecified atom stereocenters. The third-order valence-corrected chi connectivity index (χ3v) is 5.79. The molecule has 3 aromatic rings. The molecule has 1 aliphatic carbocycles. The fourth-order valence-electron chi connectivity index (χ4n) is 3.52. The first-order valence-corrected chi connectivity index (χ1v) is 10.3. The predicted molar refractivity (Wildman–Crippen MR) is 103 cm³/mol.